The summed E-state index contributed by atoms with van der Waals surface area (Å²) in [6.45, 7) is 2.09. The number of esters is 1. The fraction of sp³-hybridized carbons (Fsp3) is 0.812. The Bertz CT molecular complexity index is 245. The molecule has 2 nitrogen and oxygen atoms in total. The molecular weight excluding hydrogens is 224 g/mol. The van der Waals surface area contributed by atoms with Crippen molar-refractivity contribution in [2.24, 2.45) is 0 Å². The molecule has 1 heterocycles. The Kier molecular flexibility index (Phi) is 8.62. The molecule has 0 N–H and O–H groups in total. The maximum Gasteiger partial charge on any atom is 0.306 e. The van der Waals surface area contributed by atoms with Gasteiger partial charge in [-0.05, 0) is 38.5 Å². The van der Waals surface area contributed by atoms with Crippen LogP contribution in [-0.4, -0.2) is 12.1 Å². The lowest BCUT2D eigenvalue weighted by atomic mass is 10.1. The van der Waals surface area contributed by atoms with Gasteiger partial charge in [-0.2, -0.15) is 0 Å². The highest BCUT2D eigenvalue weighted by molar-refractivity contribution is 5.69. The van der Waals surface area contributed by atoms with Crippen molar-refractivity contribution >= 4 is 5.97 Å². The molecule has 2 heteroatoms. The van der Waals surface area contributed by atoms with Crippen molar-refractivity contribution in [3.8, 4) is 0 Å². The van der Waals surface area contributed by atoms with E-state index in [1.807, 2.05) is 0 Å². The first-order valence-corrected chi connectivity index (χ1v) is 7.67. The van der Waals surface area contributed by atoms with Gasteiger partial charge in [0.05, 0.1) is 0 Å². The van der Waals surface area contributed by atoms with E-state index in [2.05, 4.69) is 19.1 Å². The van der Waals surface area contributed by atoms with Crippen LogP contribution in [0.1, 0.15) is 77.6 Å². The topological polar surface area (TPSA) is 26.3 Å². The van der Waals surface area contributed by atoms with Gasteiger partial charge in [0.25, 0.3) is 0 Å². The lowest BCUT2D eigenvalue weighted by Crippen LogP contribution is -2.17. The Morgan fingerprint density at radius 1 is 1.06 bits per heavy atom. The number of rotatable bonds is 1. The maximum absolute atomic E-state index is 11.6. The van der Waals surface area contributed by atoms with Crippen LogP contribution in [0, 0.1) is 0 Å². The number of hydrogen-bond donors (Lipinski definition) is 0. The van der Waals surface area contributed by atoms with E-state index < -0.39 is 0 Å². The van der Waals surface area contributed by atoms with Crippen LogP contribution in [0.3, 0.4) is 0 Å². The minimum Gasteiger partial charge on any atom is -0.462 e. The normalized spacial score (nSPS) is 26.7. The molecule has 0 saturated heterocycles. The molecule has 1 atom stereocenters. The molecule has 0 aromatic heterocycles. The molecular formula is C16H28O2. The number of carbonyl (C=O) groups excluding carboxylic acids is 1. The van der Waals surface area contributed by atoms with Gasteiger partial charge in [-0.1, -0.05) is 44.8 Å². The van der Waals surface area contributed by atoms with Crippen molar-refractivity contribution in [1.29, 1.82) is 0 Å². The van der Waals surface area contributed by atoms with E-state index in [-0.39, 0.29) is 12.1 Å². The molecule has 0 aromatic rings. The molecule has 1 aliphatic heterocycles. The van der Waals surface area contributed by atoms with Crippen LogP contribution < -0.4 is 0 Å². The molecule has 104 valence electrons. The smallest absolute Gasteiger partial charge is 0.306 e. The molecule has 1 rings (SSSR count). The van der Waals surface area contributed by atoms with Gasteiger partial charge in [0.1, 0.15) is 6.10 Å². The molecule has 0 amide bonds. The van der Waals surface area contributed by atoms with E-state index in [1.165, 1.54) is 38.5 Å². The third-order valence-electron chi connectivity index (χ3n) is 3.58. The van der Waals surface area contributed by atoms with Crippen molar-refractivity contribution < 1.29 is 9.53 Å². The van der Waals surface area contributed by atoms with Gasteiger partial charge < -0.3 is 4.74 Å². The van der Waals surface area contributed by atoms with Crippen LogP contribution in [0.25, 0.3) is 0 Å². The Labute approximate surface area is 112 Å². The first-order valence-electron chi connectivity index (χ1n) is 7.67. The van der Waals surface area contributed by atoms with E-state index in [9.17, 15) is 4.79 Å². The predicted octanol–water partition coefficient (Wildman–Crippen LogP) is 4.78. The van der Waals surface area contributed by atoms with Gasteiger partial charge in [0.2, 0.25) is 0 Å². The van der Waals surface area contributed by atoms with Crippen molar-refractivity contribution in [3.63, 3.8) is 0 Å². The van der Waals surface area contributed by atoms with Crippen LogP contribution in [0.4, 0.5) is 0 Å². The summed E-state index contributed by atoms with van der Waals surface area (Å²) in [6, 6.07) is 0. The summed E-state index contributed by atoms with van der Waals surface area (Å²) < 4.78 is 5.50. The highest BCUT2D eigenvalue weighted by atomic mass is 16.5. The minimum absolute atomic E-state index is 0.000650. The Morgan fingerprint density at radius 3 is 2.50 bits per heavy atom. The number of hydrogen-bond acceptors (Lipinski definition) is 2. The summed E-state index contributed by atoms with van der Waals surface area (Å²) in [7, 11) is 0. The van der Waals surface area contributed by atoms with Crippen molar-refractivity contribution in [1.82, 2.24) is 0 Å². The quantitative estimate of drug-likeness (QED) is 0.496. The zero-order valence-electron chi connectivity index (χ0n) is 11.8. The molecule has 0 spiro atoms. The van der Waals surface area contributed by atoms with Crippen LogP contribution >= 0.6 is 0 Å². The zero-order chi connectivity index (χ0) is 13.1. The molecule has 18 heavy (non-hydrogen) atoms. The third kappa shape index (κ3) is 7.52. The van der Waals surface area contributed by atoms with E-state index in [1.54, 1.807) is 0 Å². The van der Waals surface area contributed by atoms with E-state index in [0.717, 1.165) is 25.7 Å². The highest BCUT2D eigenvalue weighted by Crippen LogP contribution is 2.13. The van der Waals surface area contributed by atoms with E-state index >= 15 is 0 Å². The maximum atomic E-state index is 11.6. The molecule has 0 radical (unpaired) electrons. The second-order valence-corrected chi connectivity index (χ2v) is 5.23. The Morgan fingerprint density at radius 2 is 1.72 bits per heavy atom. The number of carbonyl (C=O) groups is 1. The summed E-state index contributed by atoms with van der Waals surface area (Å²) in [5.41, 5.74) is 0. The molecule has 1 aliphatic rings. The van der Waals surface area contributed by atoms with Gasteiger partial charge in [-0.3, -0.25) is 4.79 Å². The fourth-order valence-electron chi connectivity index (χ4n) is 2.35. The fourth-order valence-corrected chi connectivity index (χ4v) is 2.35. The number of cyclic esters (lactones) is 1. The van der Waals surface area contributed by atoms with Crippen molar-refractivity contribution in [2.75, 3.05) is 0 Å². The first kappa shape index (κ1) is 15.3. The van der Waals surface area contributed by atoms with Crippen molar-refractivity contribution in [3.05, 3.63) is 12.2 Å². The second kappa shape index (κ2) is 10.2. The van der Waals surface area contributed by atoms with Crippen LogP contribution in [0.5, 0.6) is 0 Å². The summed E-state index contributed by atoms with van der Waals surface area (Å²) in [5, 5.41) is 0. The monoisotopic (exact) mass is 252 g/mol. The SMILES string of the molecule is CCC1CC/C=C/CCCCCCCCC(=O)O1. The molecule has 1 unspecified atom stereocenters. The van der Waals surface area contributed by atoms with Crippen LogP contribution in [0.15, 0.2) is 12.2 Å². The summed E-state index contributed by atoms with van der Waals surface area (Å²) in [6.07, 6.45) is 16.8. The number of allylic oxidation sites excluding steroid dienone is 2. The molecule has 0 aromatic carbocycles. The standard InChI is InChI=1S/C16H28O2/c1-2-15-13-11-9-7-5-3-4-6-8-10-12-14-16(17)18-15/h7,9,15H,2-6,8,10-14H2,1H3/b9-7+. The minimum atomic E-state index is 0.000650. The van der Waals surface area contributed by atoms with E-state index in [4.69, 9.17) is 4.74 Å². The molecule has 0 aliphatic carbocycles. The average Bonchev–Trinajstić information content (AvgIpc) is 2.38. The van der Waals surface area contributed by atoms with Crippen LogP contribution in [0.2, 0.25) is 0 Å². The lowest BCUT2D eigenvalue weighted by molar-refractivity contribution is -0.149. The summed E-state index contributed by atoms with van der Waals surface area (Å²) in [4.78, 5) is 11.6. The van der Waals surface area contributed by atoms with Crippen molar-refractivity contribution in [2.45, 2.75) is 83.7 Å². The van der Waals surface area contributed by atoms with Gasteiger partial charge in [0.15, 0.2) is 0 Å². The summed E-state index contributed by atoms with van der Waals surface area (Å²) in [5.74, 6) is 0.000650. The molecule has 0 fully saturated rings. The van der Waals surface area contributed by atoms with Gasteiger partial charge in [-0.25, -0.2) is 0 Å². The van der Waals surface area contributed by atoms with Gasteiger partial charge in [-0.15, -0.1) is 0 Å². The Balaban J connectivity index is 2.37. The highest BCUT2D eigenvalue weighted by Gasteiger charge is 2.11. The first-order chi connectivity index (χ1) is 8.83. The molecule has 0 saturated carbocycles. The zero-order valence-corrected chi connectivity index (χ0v) is 11.8. The second-order valence-electron chi connectivity index (χ2n) is 5.23. The lowest BCUT2D eigenvalue weighted by Gasteiger charge is -2.15. The number of ether oxygens (including phenoxy) is 1. The predicted molar refractivity (Wildman–Crippen MR) is 75.5 cm³/mol. The summed E-state index contributed by atoms with van der Waals surface area (Å²) >= 11 is 0. The third-order valence-corrected chi connectivity index (χ3v) is 3.58. The van der Waals surface area contributed by atoms with Crippen LogP contribution in [-0.2, 0) is 9.53 Å². The average molecular weight is 252 g/mol. The van der Waals surface area contributed by atoms with E-state index in [0.29, 0.717) is 6.42 Å². The van der Waals surface area contributed by atoms with Gasteiger partial charge >= 0.3 is 5.97 Å². The largest absolute Gasteiger partial charge is 0.462 e. The molecule has 0 bridgehead atoms. The Hall–Kier alpha value is -0.790. The van der Waals surface area contributed by atoms with Gasteiger partial charge in [0, 0.05) is 6.42 Å².